The number of esters is 1. The zero-order chi connectivity index (χ0) is 12.1. The van der Waals surface area contributed by atoms with Crippen molar-refractivity contribution in [2.24, 2.45) is 0 Å². The van der Waals surface area contributed by atoms with Gasteiger partial charge in [-0.3, -0.25) is 4.79 Å². The Morgan fingerprint density at radius 2 is 2.31 bits per heavy atom. The third-order valence-corrected chi connectivity index (χ3v) is 2.53. The van der Waals surface area contributed by atoms with Gasteiger partial charge >= 0.3 is 5.97 Å². The second-order valence-electron chi connectivity index (χ2n) is 2.71. The molecule has 1 rings (SSSR count). The summed E-state index contributed by atoms with van der Waals surface area (Å²) in [5, 5.41) is 0. The summed E-state index contributed by atoms with van der Waals surface area (Å²) in [5.41, 5.74) is 0. The van der Waals surface area contributed by atoms with Crippen molar-refractivity contribution < 1.29 is 19.0 Å². The van der Waals surface area contributed by atoms with Crippen LogP contribution in [-0.4, -0.2) is 24.9 Å². The van der Waals surface area contributed by atoms with Gasteiger partial charge in [0.05, 0.1) is 0 Å². The summed E-state index contributed by atoms with van der Waals surface area (Å²) in [4.78, 5) is 15.0. The Morgan fingerprint density at radius 3 is 2.88 bits per heavy atom. The van der Waals surface area contributed by atoms with Gasteiger partial charge in [-0.05, 0) is 38.5 Å². The number of hydrogen-bond donors (Lipinski definition) is 0. The van der Waals surface area contributed by atoms with E-state index in [9.17, 15) is 4.79 Å². The molecular formula is C9H9BrINO4. The van der Waals surface area contributed by atoms with Crippen LogP contribution in [0.1, 0.15) is 6.92 Å². The van der Waals surface area contributed by atoms with E-state index in [1.807, 2.05) is 22.6 Å². The molecule has 0 aromatic carbocycles. The van der Waals surface area contributed by atoms with Gasteiger partial charge in [0.25, 0.3) is 0 Å². The Hall–Kier alpha value is -0.410. The Kier molecular flexibility index (Phi) is 5.42. The summed E-state index contributed by atoms with van der Waals surface area (Å²) in [6.07, 6.45) is 0. The lowest BCUT2D eigenvalue weighted by Gasteiger charge is -2.11. The lowest BCUT2D eigenvalue weighted by Crippen LogP contribution is -2.07. The van der Waals surface area contributed by atoms with Crippen LogP contribution in [0.25, 0.3) is 0 Å². The largest absolute Gasteiger partial charge is 0.461 e. The minimum absolute atomic E-state index is 0.0507. The standard InChI is InChI=1S/C9H9BrINO4/c1-5(13)16-6-3-7(11)12-9(10)8(6)15-4-14-2/h3H,4H2,1-2H3. The van der Waals surface area contributed by atoms with E-state index in [1.165, 1.54) is 14.0 Å². The van der Waals surface area contributed by atoms with E-state index in [-0.39, 0.29) is 6.79 Å². The van der Waals surface area contributed by atoms with Crippen LogP contribution in [0, 0.1) is 3.70 Å². The fraction of sp³-hybridized carbons (Fsp3) is 0.333. The van der Waals surface area contributed by atoms with E-state index in [0.29, 0.717) is 19.8 Å². The molecule has 0 atom stereocenters. The molecule has 1 aromatic heterocycles. The van der Waals surface area contributed by atoms with Crippen LogP contribution >= 0.6 is 38.5 Å². The molecule has 0 bridgehead atoms. The monoisotopic (exact) mass is 401 g/mol. The maximum Gasteiger partial charge on any atom is 0.308 e. The second-order valence-corrected chi connectivity index (χ2v) is 4.56. The number of nitrogens with zero attached hydrogens (tertiary/aromatic N) is 1. The molecule has 0 radical (unpaired) electrons. The van der Waals surface area contributed by atoms with Crippen LogP contribution < -0.4 is 9.47 Å². The highest BCUT2D eigenvalue weighted by atomic mass is 127. The summed E-state index contributed by atoms with van der Waals surface area (Å²) in [6.45, 7) is 1.37. The predicted molar refractivity (Wildman–Crippen MR) is 68.5 cm³/mol. The quantitative estimate of drug-likeness (QED) is 0.335. The minimum Gasteiger partial charge on any atom is -0.461 e. The van der Waals surface area contributed by atoms with E-state index in [1.54, 1.807) is 6.07 Å². The molecule has 0 saturated carbocycles. The van der Waals surface area contributed by atoms with Gasteiger partial charge in [-0.15, -0.1) is 0 Å². The molecule has 5 nitrogen and oxygen atoms in total. The van der Waals surface area contributed by atoms with Crippen molar-refractivity contribution in [3.8, 4) is 11.5 Å². The van der Waals surface area contributed by atoms with Gasteiger partial charge in [0.15, 0.2) is 22.9 Å². The van der Waals surface area contributed by atoms with Gasteiger partial charge in [0, 0.05) is 20.1 Å². The van der Waals surface area contributed by atoms with E-state index in [0.717, 1.165) is 0 Å². The third kappa shape index (κ3) is 3.87. The topological polar surface area (TPSA) is 57.7 Å². The van der Waals surface area contributed by atoms with E-state index in [4.69, 9.17) is 14.2 Å². The van der Waals surface area contributed by atoms with E-state index >= 15 is 0 Å². The molecule has 0 aliphatic rings. The molecule has 16 heavy (non-hydrogen) atoms. The number of carbonyl (C=O) groups is 1. The molecule has 0 aliphatic carbocycles. The Bertz CT molecular complexity index is 399. The molecule has 0 amide bonds. The fourth-order valence-corrected chi connectivity index (χ4v) is 2.29. The summed E-state index contributed by atoms with van der Waals surface area (Å²) < 4.78 is 16.2. The first-order valence-corrected chi connectivity index (χ1v) is 6.08. The zero-order valence-electron chi connectivity index (χ0n) is 8.62. The van der Waals surface area contributed by atoms with Crippen molar-refractivity contribution in [3.63, 3.8) is 0 Å². The van der Waals surface area contributed by atoms with Crippen LogP contribution in [0.2, 0.25) is 0 Å². The first kappa shape index (κ1) is 13.7. The first-order chi connectivity index (χ1) is 7.54. The highest BCUT2D eigenvalue weighted by molar-refractivity contribution is 14.1. The third-order valence-electron chi connectivity index (χ3n) is 1.44. The molecule has 0 saturated heterocycles. The van der Waals surface area contributed by atoms with Gasteiger partial charge in [-0.2, -0.15) is 0 Å². The van der Waals surface area contributed by atoms with Crippen LogP contribution in [-0.2, 0) is 9.53 Å². The molecule has 0 unspecified atom stereocenters. The summed E-state index contributed by atoms with van der Waals surface area (Å²) >= 11 is 5.24. The van der Waals surface area contributed by atoms with Crippen LogP contribution in [0.5, 0.6) is 11.5 Å². The molecule has 7 heteroatoms. The number of halogens is 2. The molecule has 1 aromatic rings. The van der Waals surface area contributed by atoms with Crippen molar-refractivity contribution in [1.82, 2.24) is 4.98 Å². The van der Waals surface area contributed by atoms with Crippen molar-refractivity contribution in [2.45, 2.75) is 6.92 Å². The number of aromatic nitrogens is 1. The van der Waals surface area contributed by atoms with E-state index in [2.05, 4.69) is 20.9 Å². The van der Waals surface area contributed by atoms with Crippen molar-refractivity contribution in [2.75, 3.05) is 13.9 Å². The minimum atomic E-state index is -0.420. The van der Waals surface area contributed by atoms with Gasteiger partial charge in [0.1, 0.15) is 3.70 Å². The number of rotatable bonds is 4. The first-order valence-electron chi connectivity index (χ1n) is 4.20. The summed E-state index contributed by atoms with van der Waals surface area (Å²) in [5.74, 6) is 0.240. The highest BCUT2D eigenvalue weighted by Crippen LogP contribution is 2.35. The van der Waals surface area contributed by atoms with Crippen LogP contribution in [0.3, 0.4) is 0 Å². The Labute approximate surface area is 115 Å². The summed E-state index contributed by atoms with van der Waals surface area (Å²) in [6, 6.07) is 1.61. The van der Waals surface area contributed by atoms with Gasteiger partial charge in [-0.1, -0.05) is 0 Å². The average Bonchev–Trinajstić information content (AvgIpc) is 2.15. The average molecular weight is 402 g/mol. The second kappa shape index (κ2) is 6.36. The van der Waals surface area contributed by atoms with Gasteiger partial charge < -0.3 is 14.2 Å². The molecule has 0 N–H and O–H groups in total. The summed E-state index contributed by atoms with van der Waals surface area (Å²) in [7, 11) is 1.50. The highest BCUT2D eigenvalue weighted by Gasteiger charge is 2.14. The van der Waals surface area contributed by atoms with Crippen molar-refractivity contribution >= 4 is 44.5 Å². The lowest BCUT2D eigenvalue weighted by molar-refractivity contribution is -0.132. The van der Waals surface area contributed by atoms with Gasteiger partial charge in [-0.25, -0.2) is 4.98 Å². The smallest absolute Gasteiger partial charge is 0.308 e. The molecule has 88 valence electrons. The molecule has 0 spiro atoms. The maximum absolute atomic E-state index is 10.9. The Morgan fingerprint density at radius 1 is 1.62 bits per heavy atom. The number of ether oxygens (including phenoxy) is 3. The van der Waals surface area contributed by atoms with E-state index < -0.39 is 5.97 Å². The fourth-order valence-electron chi connectivity index (χ4n) is 0.931. The van der Waals surface area contributed by atoms with Crippen molar-refractivity contribution in [1.29, 1.82) is 0 Å². The SMILES string of the molecule is COCOc1c(OC(C)=O)cc(I)nc1Br. The number of hydrogen-bond acceptors (Lipinski definition) is 5. The molecule has 0 fully saturated rings. The lowest BCUT2D eigenvalue weighted by atomic mass is 10.4. The molecule has 1 heterocycles. The molecule has 0 aliphatic heterocycles. The number of methoxy groups -OCH3 is 1. The number of pyridine rings is 1. The Balaban J connectivity index is 3.05. The number of carbonyl (C=O) groups excluding carboxylic acids is 1. The van der Waals surface area contributed by atoms with Gasteiger partial charge in [0.2, 0.25) is 0 Å². The van der Waals surface area contributed by atoms with Crippen LogP contribution in [0.4, 0.5) is 0 Å². The predicted octanol–water partition coefficient (Wildman–Crippen LogP) is 2.36. The van der Waals surface area contributed by atoms with Crippen molar-refractivity contribution in [3.05, 3.63) is 14.4 Å². The normalized spacial score (nSPS) is 10.0. The molecular weight excluding hydrogens is 393 g/mol. The zero-order valence-corrected chi connectivity index (χ0v) is 12.4. The maximum atomic E-state index is 10.9. The van der Waals surface area contributed by atoms with Crippen LogP contribution in [0.15, 0.2) is 10.7 Å².